The number of hydrogen-bond donors (Lipinski definition) is 4. The molecular weight excluding hydrogens is 546 g/mol. The number of nitrogen functional groups attached to an aromatic ring is 1. The Labute approximate surface area is 221 Å². The first kappa shape index (κ1) is 25.1. The molecule has 2 fully saturated rings. The van der Waals surface area contributed by atoms with E-state index in [1.165, 1.54) is 47.0 Å². The van der Waals surface area contributed by atoms with E-state index < -0.39 is 52.4 Å². The van der Waals surface area contributed by atoms with Gasteiger partial charge in [0.2, 0.25) is 0 Å². The number of aliphatic carboxylic acids is 1. The second-order valence-corrected chi connectivity index (χ2v) is 11.1. The molecule has 17 heteroatoms. The fraction of sp³-hybridized carbons (Fsp3) is 0.350. The number of carboxylic acid groups (broad SMARTS) is 1. The lowest BCUT2D eigenvalue weighted by molar-refractivity contribution is -0.151. The Balaban J connectivity index is 1.24. The molecule has 0 saturated carbocycles. The zero-order chi connectivity index (χ0) is 26.4. The van der Waals surface area contributed by atoms with Crippen molar-refractivity contribution in [3.05, 3.63) is 34.6 Å². The van der Waals surface area contributed by atoms with Crippen molar-refractivity contribution in [2.24, 2.45) is 5.16 Å². The number of hydrogen-bond acceptors (Lipinski definition) is 12. The molecule has 2 saturated heterocycles. The van der Waals surface area contributed by atoms with Crippen molar-refractivity contribution < 1.29 is 33.9 Å². The molecule has 14 nitrogen and oxygen atoms in total. The first-order valence-electron chi connectivity index (χ1n) is 10.7. The predicted molar refractivity (Wildman–Crippen MR) is 134 cm³/mol. The Morgan fingerprint density at radius 2 is 1.68 bits per heavy atom. The van der Waals surface area contributed by atoms with Crippen LogP contribution in [0.3, 0.4) is 0 Å². The maximum Gasteiger partial charge on any atom is 0.352 e. The summed E-state index contributed by atoms with van der Waals surface area (Å²) in [5, 5.41) is 18.9. The number of aromatic nitrogens is 1. The third kappa shape index (κ3) is 4.21. The van der Waals surface area contributed by atoms with E-state index in [-0.39, 0.29) is 27.9 Å². The number of β-lactam (4-membered cyclic amide) rings is 2. The van der Waals surface area contributed by atoms with Gasteiger partial charge in [0.15, 0.2) is 10.8 Å². The van der Waals surface area contributed by atoms with Gasteiger partial charge in [0.05, 0.1) is 0 Å². The van der Waals surface area contributed by atoms with E-state index in [0.29, 0.717) is 11.5 Å². The third-order valence-corrected chi connectivity index (χ3v) is 8.92. The first-order chi connectivity index (χ1) is 17.7. The van der Waals surface area contributed by atoms with Crippen LogP contribution in [0.1, 0.15) is 5.69 Å². The van der Waals surface area contributed by atoms with E-state index in [1.54, 1.807) is 6.08 Å². The lowest BCUT2D eigenvalue weighted by Crippen LogP contribution is -2.73. The molecule has 4 aliphatic rings. The quantitative estimate of drug-likeness (QED) is 0.175. The monoisotopic (exact) mass is 565 g/mol. The molecule has 0 radical (unpaired) electrons. The number of amides is 4. The van der Waals surface area contributed by atoms with Gasteiger partial charge in [0.25, 0.3) is 23.6 Å². The third-order valence-electron chi connectivity index (χ3n) is 5.88. The number of oxime groups is 1. The average molecular weight is 566 g/mol. The number of anilines is 1. The molecular formula is C20H19N7O7S3. The summed E-state index contributed by atoms with van der Waals surface area (Å²) in [6, 6.07) is -1.84. The number of nitrogens with zero attached hydrogens (tertiary/aromatic N) is 4. The fourth-order valence-corrected chi connectivity index (χ4v) is 7.14. The molecule has 0 unspecified atom stereocenters. The second-order valence-electron chi connectivity index (χ2n) is 7.94. The predicted octanol–water partition coefficient (Wildman–Crippen LogP) is -1.27. The SMILES string of the molecule is CO/N=C(\C(=O)N[C@@H]1C(=O)N2C(C(=O)N[C@@H]3C(=O)N4C(C(=O)O)=CCS[C@H]34)=CCS[C@H]12)c1csc(N)n1. The van der Waals surface area contributed by atoms with Crippen LogP contribution >= 0.6 is 34.9 Å². The van der Waals surface area contributed by atoms with Gasteiger partial charge in [-0.1, -0.05) is 5.16 Å². The minimum Gasteiger partial charge on any atom is -0.477 e. The average Bonchev–Trinajstić information content (AvgIpc) is 3.32. The Hall–Kier alpha value is -3.57. The number of rotatable bonds is 7. The van der Waals surface area contributed by atoms with Gasteiger partial charge in [-0.05, 0) is 12.2 Å². The maximum atomic E-state index is 13.0. The van der Waals surface area contributed by atoms with Gasteiger partial charge >= 0.3 is 5.97 Å². The van der Waals surface area contributed by atoms with E-state index in [0.717, 1.165) is 16.2 Å². The first-order valence-corrected chi connectivity index (χ1v) is 13.7. The van der Waals surface area contributed by atoms with E-state index in [4.69, 9.17) is 10.6 Å². The van der Waals surface area contributed by atoms with Gasteiger partial charge in [-0.2, -0.15) is 0 Å². The number of fused-ring (bicyclic) bond motifs is 2. The van der Waals surface area contributed by atoms with Crippen molar-refractivity contribution in [3.8, 4) is 0 Å². The van der Waals surface area contributed by atoms with Gasteiger partial charge in [-0.3, -0.25) is 29.0 Å². The number of nitrogens with two attached hydrogens (primary N) is 1. The van der Waals surface area contributed by atoms with Crippen LogP contribution in [0, 0.1) is 0 Å². The van der Waals surface area contributed by atoms with Gasteiger partial charge < -0.3 is 26.3 Å². The van der Waals surface area contributed by atoms with Gasteiger partial charge in [0.1, 0.15) is 47.0 Å². The van der Waals surface area contributed by atoms with Gasteiger partial charge in [-0.15, -0.1) is 34.9 Å². The van der Waals surface area contributed by atoms with Crippen LogP contribution in [0.2, 0.25) is 0 Å². The lowest BCUT2D eigenvalue weighted by atomic mass is 10.0. The van der Waals surface area contributed by atoms with E-state index in [2.05, 4.69) is 20.8 Å². The number of carboxylic acids is 1. The van der Waals surface area contributed by atoms with E-state index >= 15 is 0 Å². The van der Waals surface area contributed by atoms with Gasteiger partial charge in [-0.25, -0.2) is 9.78 Å². The molecule has 0 aromatic carbocycles. The number of thiazole rings is 1. The van der Waals surface area contributed by atoms with Crippen LogP contribution in [0.4, 0.5) is 5.13 Å². The summed E-state index contributed by atoms with van der Waals surface area (Å²) >= 11 is 3.80. The highest BCUT2D eigenvalue weighted by molar-refractivity contribution is 8.00. The highest BCUT2D eigenvalue weighted by Crippen LogP contribution is 2.40. The number of thioether (sulfide) groups is 2. The fourth-order valence-electron chi connectivity index (χ4n) is 4.20. The topological polar surface area (TPSA) is 197 Å². The number of nitrogens with one attached hydrogen (secondary N) is 2. The molecule has 194 valence electrons. The van der Waals surface area contributed by atoms with Crippen LogP contribution < -0.4 is 16.4 Å². The minimum atomic E-state index is -1.21. The highest BCUT2D eigenvalue weighted by atomic mass is 32.2. The molecule has 4 atom stereocenters. The summed E-state index contributed by atoms with van der Waals surface area (Å²) in [4.78, 5) is 74.0. The molecule has 0 aliphatic carbocycles. The van der Waals surface area contributed by atoms with Crippen molar-refractivity contribution in [2.45, 2.75) is 22.8 Å². The zero-order valence-corrected chi connectivity index (χ0v) is 21.4. The molecule has 0 bridgehead atoms. The van der Waals surface area contributed by atoms with Crippen molar-refractivity contribution in [2.75, 3.05) is 24.3 Å². The Morgan fingerprint density at radius 3 is 2.24 bits per heavy atom. The summed E-state index contributed by atoms with van der Waals surface area (Å²) < 4.78 is 0. The summed E-state index contributed by atoms with van der Waals surface area (Å²) in [6.45, 7) is 0. The largest absolute Gasteiger partial charge is 0.477 e. The molecule has 0 spiro atoms. The Morgan fingerprint density at radius 1 is 1.08 bits per heavy atom. The van der Waals surface area contributed by atoms with E-state index in [1.807, 2.05) is 0 Å². The summed E-state index contributed by atoms with van der Waals surface area (Å²) in [5.74, 6) is -2.80. The van der Waals surface area contributed by atoms with Crippen LogP contribution in [0.5, 0.6) is 0 Å². The standard InChI is InChI=1S/C20H19N7O7S3/c1-34-25-10(7-6-37-20(21)22-7)14(29)24-12-15(30)26-8(2-4-35-17(12)26)13(28)23-11-16(31)27-9(19(32)33)3-5-36-18(11)27/h2-3,6,11-12,17-18H,4-5H2,1H3,(H2,21,22)(H,23,28)(H,24,29)(H,32,33)/b25-10-/t11-,12-,17-,18-/m1/s1. The molecule has 4 amide bonds. The van der Waals surface area contributed by atoms with Crippen molar-refractivity contribution in [3.63, 3.8) is 0 Å². The van der Waals surface area contributed by atoms with E-state index in [9.17, 15) is 29.1 Å². The minimum absolute atomic E-state index is 0.0679. The highest BCUT2D eigenvalue weighted by Gasteiger charge is 2.56. The Kier molecular flexibility index (Phi) is 6.59. The molecule has 1 aromatic rings. The number of carbonyl (C=O) groups is 5. The molecule has 5 heterocycles. The summed E-state index contributed by atoms with van der Waals surface area (Å²) in [7, 11) is 1.27. The summed E-state index contributed by atoms with van der Waals surface area (Å²) in [6.07, 6.45) is 3.02. The molecule has 4 aliphatic heterocycles. The normalized spacial score (nSPS) is 26.6. The molecule has 5 rings (SSSR count). The van der Waals surface area contributed by atoms with Crippen LogP contribution in [-0.4, -0.2) is 96.6 Å². The summed E-state index contributed by atoms with van der Waals surface area (Å²) in [5.41, 5.74) is 5.64. The second kappa shape index (κ2) is 9.71. The van der Waals surface area contributed by atoms with Crippen LogP contribution in [0.25, 0.3) is 0 Å². The molecule has 5 N–H and O–H groups in total. The lowest BCUT2D eigenvalue weighted by Gasteiger charge is -2.50. The molecule has 1 aromatic heterocycles. The number of carbonyl (C=O) groups excluding carboxylic acids is 4. The van der Waals surface area contributed by atoms with Crippen molar-refractivity contribution in [1.82, 2.24) is 25.4 Å². The van der Waals surface area contributed by atoms with Gasteiger partial charge in [0, 0.05) is 16.9 Å². The van der Waals surface area contributed by atoms with Crippen molar-refractivity contribution in [1.29, 1.82) is 0 Å². The van der Waals surface area contributed by atoms with Crippen molar-refractivity contribution >= 4 is 75.3 Å². The van der Waals surface area contributed by atoms with Crippen LogP contribution in [-0.2, 0) is 28.8 Å². The zero-order valence-electron chi connectivity index (χ0n) is 18.9. The smallest absolute Gasteiger partial charge is 0.352 e. The maximum absolute atomic E-state index is 13.0. The van der Waals surface area contributed by atoms with Crippen LogP contribution in [0.15, 0.2) is 34.1 Å². The Bertz CT molecular complexity index is 1310. The molecule has 37 heavy (non-hydrogen) atoms.